The zero-order valence-electron chi connectivity index (χ0n) is 13.9. The number of nitrogens with zero attached hydrogens (tertiary/aromatic N) is 4. The number of aromatic nitrogens is 2. The van der Waals surface area contributed by atoms with Crippen molar-refractivity contribution < 1.29 is 9.32 Å². The van der Waals surface area contributed by atoms with Crippen molar-refractivity contribution >= 4 is 17.6 Å². The number of carbonyl (C=O) groups excluding carboxylic acids is 1. The van der Waals surface area contributed by atoms with E-state index in [9.17, 15) is 4.79 Å². The fourth-order valence-corrected chi connectivity index (χ4v) is 2.54. The van der Waals surface area contributed by atoms with E-state index in [1.165, 1.54) is 5.57 Å². The molecule has 0 saturated carbocycles. The Labute approximate surface area is 140 Å². The van der Waals surface area contributed by atoms with Crippen molar-refractivity contribution in [1.82, 2.24) is 20.4 Å². The van der Waals surface area contributed by atoms with Crippen LogP contribution in [-0.4, -0.2) is 48.3 Å². The zero-order valence-corrected chi connectivity index (χ0v) is 13.9. The highest BCUT2D eigenvalue weighted by molar-refractivity contribution is 5.78. The van der Waals surface area contributed by atoms with E-state index in [0.717, 1.165) is 12.0 Å². The fraction of sp³-hybridized carbons (Fsp3) is 0.353. The molecule has 0 atom stereocenters. The van der Waals surface area contributed by atoms with Gasteiger partial charge in [-0.3, -0.25) is 0 Å². The molecule has 2 aromatic rings. The molecule has 1 aliphatic rings. The third-order valence-electron chi connectivity index (χ3n) is 3.83. The van der Waals surface area contributed by atoms with Crippen LogP contribution in [0.3, 0.4) is 0 Å². The van der Waals surface area contributed by atoms with Gasteiger partial charge in [0.2, 0.25) is 5.89 Å². The van der Waals surface area contributed by atoms with Gasteiger partial charge in [0.15, 0.2) is 0 Å². The maximum Gasteiger partial charge on any atom is 0.318 e. The van der Waals surface area contributed by atoms with Crippen LogP contribution < -0.4 is 10.2 Å². The summed E-state index contributed by atoms with van der Waals surface area (Å²) in [6.45, 7) is 1.53. The minimum absolute atomic E-state index is 0.124. The standard InChI is InChI=1S/C17H21N5O2/c1-21(2)16-19-15(24-20-16)11-18-17(23)22-10-6-9-14(12-22)13-7-4-3-5-8-13/h3-5,7-9H,6,10-12H2,1-2H3,(H,18,23). The van der Waals surface area contributed by atoms with Crippen molar-refractivity contribution in [3.05, 3.63) is 47.9 Å². The largest absolute Gasteiger partial charge is 0.344 e. The summed E-state index contributed by atoms with van der Waals surface area (Å²) in [7, 11) is 3.66. The Morgan fingerprint density at radius 1 is 1.33 bits per heavy atom. The number of urea groups is 1. The van der Waals surface area contributed by atoms with Gasteiger partial charge in [0.1, 0.15) is 0 Å². The Balaban J connectivity index is 1.56. The van der Waals surface area contributed by atoms with Crippen LogP contribution >= 0.6 is 0 Å². The zero-order chi connectivity index (χ0) is 16.9. The van der Waals surface area contributed by atoms with Crippen LogP contribution in [0.1, 0.15) is 17.9 Å². The first-order valence-corrected chi connectivity index (χ1v) is 7.90. The Hall–Kier alpha value is -2.83. The molecule has 0 unspecified atom stereocenters. The third-order valence-corrected chi connectivity index (χ3v) is 3.83. The van der Waals surface area contributed by atoms with E-state index in [-0.39, 0.29) is 12.6 Å². The van der Waals surface area contributed by atoms with Gasteiger partial charge in [-0.1, -0.05) is 36.4 Å². The average molecular weight is 327 g/mol. The van der Waals surface area contributed by atoms with E-state index in [2.05, 4.69) is 33.7 Å². The maximum absolute atomic E-state index is 12.4. The summed E-state index contributed by atoms with van der Waals surface area (Å²) in [6.07, 6.45) is 3.05. The molecule has 7 heteroatoms. The molecular weight excluding hydrogens is 306 g/mol. The van der Waals surface area contributed by atoms with Gasteiger partial charge in [0, 0.05) is 27.2 Å². The van der Waals surface area contributed by atoms with E-state index in [1.807, 2.05) is 32.3 Å². The average Bonchev–Trinajstić information content (AvgIpc) is 3.10. The summed E-state index contributed by atoms with van der Waals surface area (Å²) < 4.78 is 5.11. The maximum atomic E-state index is 12.4. The van der Waals surface area contributed by atoms with Crippen LogP contribution in [0.2, 0.25) is 0 Å². The van der Waals surface area contributed by atoms with E-state index in [4.69, 9.17) is 4.52 Å². The molecule has 0 spiro atoms. The number of hydrogen-bond acceptors (Lipinski definition) is 5. The number of carbonyl (C=O) groups is 1. The Morgan fingerprint density at radius 2 is 2.12 bits per heavy atom. The monoisotopic (exact) mass is 327 g/mol. The summed E-state index contributed by atoms with van der Waals surface area (Å²) in [5.74, 6) is 0.884. The lowest BCUT2D eigenvalue weighted by atomic mass is 10.0. The lowest BCUT2D eigenvalue weighted by Crippen LogP contribution is -2.42. The molecule has 1 N–H and O–H groups in total. The van der Waals surface area contributed by atoms with Gasteiger partial charge >= 0.3 is 6.03 Å². The minimum atomic E-state index is -0.124. The summed E-state index contributed by atoms with van der Waals surface area (Å²) in [5, 5.41) is 6.66. The van der Waals surface area contributed by atoms with Gasteiger partial charge in [0.05, 0.1) is 6.54 Å². The SMILES string of the molecule is CN(C)c1noc(CNC(=O)N2CCC=C(c3ccccc3)C2)n1. The fourth-order valence-electron chi connectivity index (χ4n) is 2.54. The molecule has 0 aliphatic carbocycles. The number of hydrogen-bond donors (Lipinski definition) is 1. The van der Waals surface area contributed by atoms with Crippen molar-refractivity contribution in [2.75, 3.05) is 32.1 Å². The van der Waals surface area contributed by atoms with Crippen LogP contribution in [0.5, 0.6) is 0 Å². The molecule has 2 amide bonds. The lowest BCUT2D eigenvalue weighted by Gasteiger charge is -2.27. The van der Waals surface area contributed by atoms with Crippen molar-refractivity contribution in [1.29, 1.82) is 0 Å². The smallest absolute Gasteiger partial charge is 0.318 e. The molecule has 0 radical (unpaired) electrons. The molecule has 0 fully saturated rings. The molecule has 2 heterocycles. The lowest BCUT2D eigenvalue weighted by molar-refractivity contribution is 0.201. The normalized spacial score (nSPS) is 14.2. The first kappa shape index (κ1) is 16.0. The minimum Gasteiger partial charge on any atom is -0.344 e. The predicted octanol–water partition coefficient (Wildman–Crippen LogP) is 2.13. The van der Waals surface area contributed by atoms with Gasteiger partial charge in [0.25, 0.3) is 5.95 Å². The Morgan fingerprint density at radius 3 is 2.83 bits per heavy atom. The van der Waals surface area contributed by atoms with Crippen molar-refractivity contribution in [3.8, 4) is 0 Å². The van der Waals surface area contributed by atoms with Crippen molar-refractivity contribution in [2.24, 2.45) is 0 Å². The third kappa shape index (κ3) is 3.73. The molecule has 1 aromatic carbocycles. The highest BCUT2D eigenvalue weighted by Crippen LogP contribution is 2.20. The van der Waals surface area contributed by atoms with Crippen molar-refractivity contribution in [3.63, 3.8) is 0 Å². The Kier molecular flexibility index (Phi) is 4.79. The molecule has 1 aromatic heterocycles. The second-order valence-electron chi connectivity index (χ2n) is 5.85. The van der Waals surface area contributed by atoms with Gasteiger partial charge in [-0.25, -0.2) is 4.79 Å². The molecule has 126 valence electrons. The van der Waals surface area contributed by atoms with Crippen LogP contribution in [0.15, 0.2) is 40.9 Å². The van der Waals surface area contributed by atoms with E-state index >= 15 is 0 Å². The second-order valence-corrected chi connectivity index (χ2v) is 5.85. The summed E-state index contributed by atoms with van der Waals surface area (Å²) >= 11 is 0. The van der Waals surface area contributed by atoms with Crippen LogP contribution in [0, 0.1) is 0 Å². The quantitative estimate of drug-likeness (QED) is 0.931. The highest BCUT2D eigenvalue weighted by atomic mass is 16.5. The number of anilines is 1. The summed E-state index contributed by atoms with van der Waals surface area (Å²) in [4.78, 5) is 20.1. The summed E-state index contributed by atoms with van der Waals surface area (Å²) in [5.41, 5.74) is 2.33. The number of rotatable bonds is 4. The van der Waals surface area contributed by atoms with E-state index in [1.54, 1.807) is 9.80 Å². The molecule has 0 saturated heterocycles. The summed E-state index contributed by atoms with van der Waals surface area (Å²) in [6, 6.07) is 10.0. The molecule has 3 rings (SSSR count). The highest BCUT2D eigenvalue weighted by Gasteiger charge is 2.19. The molecule has 7 nitrogen and oxygen atoms in total. The molecule has 24 heavy (non-hydrogen) atoms. The van der Waals surface area contributed by atoms with E-state index in [0.29, 0.717) is 24.9 Å². The topological polar surface area (TPSA) is 74.5 Å². The molecule has 1 aliphatic heterocycles. The number of amides is 2. The van der Waals surface area contributed by atoms with Gasteiger partial charge < -0.3 is 19.6 Å². The second kappa shape index (κ2) is 7.16. The first-order chi connectivity index (χ1) is 11.6. The van der Waals surface area contributed by atoms with Crippen LogP contribution in [-0.2, 0) is 6.54 Å². The van der Waals surface area contributed by atoms with Gasteiger partial charge in [-0.05, 0) is 22.7 Å². The van der Waals surface area contributed by atoms with Crippen LogP contribution in [0.25, 0.3) is 5.57 Å². The van der Waals surface area contributed by atoms with Gasteiger partial charge in [-0.2, -0.15) is 4.98 Å². The number of nitrogens with one attached hydrogen (secondary N) is 1. The first-order valence-electron chi connectivity index (χ1n) is 7.90. The molecular formula is C17H21N5O2. The van der Waals surface area contributed by atoms with Crippen molar-refractivity contribution in [2.45, 2.75) is 13.0 Å². The predicted molar refractivity (Wildman–Crippen MR) is 91.5 cm³/mol. The Bertz CT molecular complexity index is 724. The van der Waals surface area contributed by atoms with Gasteiger partial charge in [-0.15, -0.1) is 0 Å². The van der Waals surface area contributed by atoms with Crippen LogP contribution in [0.4, 0.5) is 10.7 Å². The number of benzene rings is 1. The van der Waals surface area contributed by atoms with E-state index < -0.39 is 0 Å². The molecule has 0 bridgehead atoms.